The molecule has 0 aliphatic rings. The van der Waals surface area contributed by atoms with E-state index in [1.54, 1.807) is 28.4 Å². The lowest BCUT2D eigenvalue weighted by molar-refractivity contribution is 0.0543. The zero-order valence-corrected chi connectivity index (χ0v) is 28.7. The summed E-state index contributed by atoms with van der Waals surface area (Å²) in [5.74, 6) is 0. The first-order valence-electron chi connectivity index (χ1n) is 12.3. The summed E-state index contributed by atoms with van der Waals surface area (Å²) in [6.45, 7) is 27.8. The minimum absolute atomic E-state index is 0.0216. The zero-order valence-electron chi connectivity index (χ0n) is 24.7. The molecule has 0 radical (unpaired) electrons. The van der Waals surface area contributed by atoms with Gasteiger partial charge in [-0.15, -0.1) is 6.58 Å². The molecule has 11 heteroatoms. The minimum atomic E-state index is -2.73. The van der Waals surface area contributed by atoms with E-state index in [-0.39, 0.29) is 16.9 Å². The van der Waals surface area contributed by atoms with Crippen LogP contribution in [0.4, 0.5) is 0 Å². The third-order valence-electron chi connectivity index (χ3n) is 8.32. The van der Waals surface area contributed by atoms with Gasteiger partial charge in [0.1, 0.15) is 0 Å². The summed E-state index contributed by atoms with van der Waals surface area (Å²) in [5.41, 5.74) is 1.78. The van der Waals surface area contributed by atoms with E-state index in [1.807, 2.05) is 19.2 Å². The molecule has 0 spiro atoms. The molecule has 0 aromatic heterocycles. The first-order valence-corrected chi connectivity index (χ1v) is 22.3. The highest BCUT2D eigenvalue weighted by atomic mass is 28.4. The van der Waals surface area contributed by atoms with Gasteiger partial charge in [0, 0.05) is 40.0 Å². The van der Waals surface area contributed by atoms with Crippen LogP contribution in [0.2, 0.25) is 37.8 Å². The predicted octanol–water partition coefficient (Wildman–Crippen LogP) is 5.96. The highest BCUT2D eigenvalue weighted by Crippen LogP contribution is 2.50. The molecule has 0 fully saturated rings. The number of rotatable bonds is 17. The van der Waals surface area contributed by atoms with Gasteiger partial charge in [-0.25, -0.2) is 0 Å². The van der Waals surface area contributed by atoms with Crippen molar-refractivity contribution in [3.05, 3.63) is 12.3 Å². The summed E-state index contributed by atoms with van der Waals surface area (Å²) < 4.78 is 43.3. The smallest absolute Gasteiger partial charge is 0.409 e. The van der Waals surface area contributed by atoms with E-state index in [4.69, 9.17) is 31.0 Å². The van der Waals surface area contributed by atoms with Crippen LogP contribution >= 0.6 is 0 Å². The van der Waals surface area contributed by atoms with Gasteiger partial charge in [0.15, 0.2) is 8.32 Å². The molecule has 3 unspecified atom stereocenters. The van der Waals surface area contributed by atoms with Gasteiger partial charge in [-0.3, -0.25) is 0 Å². The molecule has 0 aromatic carbocycles. The molecule has 4 atom stereocenters. The summed E-state index contributed by atoms with van der Waals surface area (Å²) >= 11 is 0. The lowest BCUT2D eigenvalue weighted by Gasteiger charge is -2.53. The quantitative estimate of drug-likeness (QED) is 0.205. The van der Waals surface area contributed by atoms with Gasteiger partial charge in [-0.1, -0.05) is 26.5 Å². The molecule has 7 nitrogen and oxygen atoms in total. The summed E-state index contributed by atoms with van der Waals surface area (Å²) in [5, 5.41) is -0.698. The van der Waals surface area contributed by atoms with Crippen LogP contribution < -0.4 is 0 Å². The Labute approximate surface area is 214 Å². The zero-order chi connectivity index (χ0) is 27.2. The number of hydrogen-bond acceptors (Lipinski definition) is 7. The summed E-state index contributed by atoms with van der Waals surface area (Å²) in [7, 11) is -3.50. The molecule has 0 saturated carbocycles. The molecule has 0 aromatic rings. The lowest BCUT2D eigenvalue weighted by atomic mass is 9.98. The third kappa shape index (κ3) is 7.21. The fraction of sp³-hybridized carbons (Fsp3) is 0.913. The second kappa shape index (κ2) is 12.7. The van der Waals surface area contributed by atoms with Crippen LogP contribution in [-0.4, -0.2) is 79.5 Å². The summed E-state index contributed by atoms with van der Waals surface area (Å²) in [6, 6.07) is 0. The molecule has 0 aliphatic heterocycles. The van der Waals surface area contributed by atoms with Crippen LogP contribution in [0.5, 0.6) is 0 Å². The third-order valence-corrected chi connectivity index (χ3v) is 22.6. The highest BCUT2D eigenvalue weighted by molar-refractivity contribution is 6.80. The second-order valence-corrected chi connectivity index (χ2v) is 25.6. The molecular weight excluding hydrogens is 501 g/mol. The van der Waals surface area contributed by atoms with Crippen molar-refractivity contribution >= 4 is 34.0 Å². The van der Waals surface area contributed by atoms with Crippen molar-refractivity contribution in [2.24, 2.45) is 0 Å². The van der Waals surface area contributed by atoms with Gasteiger partial charge < -0.3 is 31.0 Å². The van der Waals surface area contributed by atoms with Gasteiger partial charge in [0.05, 0.1) is 17.1 Å². The van der Waals surface area contributed by atoms with E-state index in [1.165, 1.54) is 0 Å². The Bertz CT molecular complexity index is 641. The summed E-state index contributed by atoms with van der Waals surface area (Å²) in [4.78, 5) is 0. The van der Waals surface area contributed by atoms with Gasteiger partial charge in [-0.05, 0) is 59.8 Å². The van der Waals surface area contributed by atoms with E-state index in [0.717, 1.165) is 12.8 Å². The Hall–Kier alpha value is 0.328. The second-order valence-electron chi connectivity index (χ2n) is 10.7. The van der Waals surface area contributed by atoms with Crippen molar-refractivity contribution in [3.63, 3.8) is 0 Å². The van der Waals surface area contributed by atoms with Gasteiger partial charge in [0.2, 0.25) is 8.32 Å². The van der Waals surface area contributed by atoms with E-state index in [0.29, 0.717) is 0 Å². The highest BCUT2D eigenvalue weighted by Gasteiger charge is 2.57. The Morgan fingerprint density at radius 1 is 0.824 bits per heavy atom. The van der Waals surface area contributed by atoms with Crippen molar-refractivity contribution in [1.29, 1.82) is 0 Å². The standard InChI is InChI=1S/C23H54O7Si4/c1-17-21(29-32(14,19-3)20(4)28-34(16,26-10)27-11)23(7,18-2)31(12,13)30-22(5,6)33(15,24-8)25-9/h19-21H,3,17-18H2,1-2,4-16H3/t20-,21?,23?,32?/m0/s1. The minimum Gasteiger partial charge on any atom is -0.409 e. The average molecular weight is 555 g/mol. The van der Waals surface area contributed by atoms with E-state index < -0.39 is 39.2 Å². The fourth-order valence-electron chi connectivity index (χ4n) is 4.36. The Morgan fingerprint density at radius 2 is 1.29 bits per heavy atom. The predicted molar refractivity (Wildman–Crippen MR) is 150 cm³/mol. The van der Waals surface area contributed by atoms with E-state index in [2.05, 4.69) is 67.4 Å². The van der Waals surface area contributed by atoms with Crippen LogP contribution in [-0.2, 0) is 31.0 Å². The van der Waals surface area contributed by atoms with Crippen molar-refractivity contribution < 1.29 is 31.0 Å². The lowest BCUT2D eigenvalue weighted by Crippen LogP contribution is -2.65. The molecule has 0 bridgehead atoms. The maximum Gasteiger partial charge on any atom is 0.497 e. The summed E-state index contributed by atoms with van der Waals surface area (Å²) in [6.07, 6.45) is 1.77. The molecule has 0 rings (SSSR count). The largest absolute Gasteiger partial charge is 0.497 e. The van der Waals surface area contributed by atoms with Crippen molar-refractivity contribution in [2.75, 3.05) is 28.4 Å². The van der Waals surface area contributed by atoms with Crippen LogP contribution in [0.25, 0.3) is 0 Å². The van der Waals surface area contributed by atoms with Crippen LogP contribution in [0.1, 0.15) is 54.4 Å². The van der Waals surface area contributed by atoms with Crippen LogP contribution in [0.15, 0.2) is 12.3 Å². The molecule has 0 amide bonds. The van der Waals surface area contributed by atoms with Crippen molar-refractivity contribution in [1.82, 2.24) is 0 Å². The molecule has 0 N–H and O–H groups in total. The normalized spacial score (nSPS) is 19.3. The molecule has 0 saturated heterocycles. The van der Waals surface area contributed by atoms with Crippen molar-refractivity contribution in [2.45, 2.75) is 109 Å². The SMILES string of the molecule is C=C[Si](C)(OC(CC)C(C)(CC)[Si](C)(C)OC(C)(C)[Si](C)(OC)OC)[C@@H](C)O[Si](C)(OC)OC. The molecule has 34 heavy (non-hydrogen) atoms. The first-order chi connectivity index (χ1) is 15.4. The molecular formula is C23H54O7Si4. The molecule has 0 aliphatic carbocycles. The van der Waals surface area contributed by atoms with E-state index >= 15 is 0 Å². The maximum atomic E-state index is 7.04. The van der Waals surface area contributed by atoms with Crippen LogP contribution in [0, 0.1) is 0 Å². The number of hydrogen-bond donors (Lipinski definition) is 0. The van der Waals surface area contributed by atoms with Gasteiger partial charge in [0.25, 0.3) is 0 Å². The van der Waals surface area contributed by atoms with Gasteiger partial charge in [-0.2, -0.15) is 0 Å². The monoisotopic (exact) mass is 554 g/mol. The molecule has 204 valence electrons. The Kier molecular flexibility index (Phi) is 12.8. The van der Waals surface area contributed by atoms with Crippen molar-refractivity contribution in [3.8, 4) is 0 Å². The Morgan fingerprint density at radius 3 is 1.62 bits per heavy atom. The van der Waals surface area contributed by atoms with E-state index in [9.17, 15) is 0 Å². The maximum absolute atomic E-state index is 7.04. The first kappa shape index (κ1) is 34.3. The average Bonchev–Trinajstić information content (AvgIpc) is 2.79. The van der Waals surface area contributed by atoms with Gasteiger partial charge >= 0.3 is 17.4 Å². The topological polar surface area (TPSA) is 64.6 Å². The molecule has 0 heterocycles. The van der Waals surface area contributed by atoms with Crippen LogP contribution in [0.3, 0.4) is 0 Å². The fourth-order valence-corrected chi connectivity index (χ4v) is 14.8. The Balaban J connectivity index is 6.18.